The lowest BCUT2D eigenvalue weighted by molar-refractivity contribution is 0.184. The van der Waals surface area contributed by atoms with Gasteiger partial charge in [0.15, 0.2) is 0 Å². The van der Waals surface area contributed by atoms with Crippen LogP contribution in [0.1, 0.15) is 37.8 Å². The maximum atomic E-state index is 3.50. The summed E-state index contributed by atoms with van der Waals surface area (Å²) in [5.41, 5.74) is 1.40. The minimum atomic E-state index is 0.431. The van der Waals surface area contributed by atoms with Gasteiger partial charge in [0, 0.05) is 18.6 Å². The minimum Gasteiger partial charge on any atom is -0.312 e. The van der Waals surface area contributed by atoms with E-state index >= 15 is 0 Å². The molecule has 0 amide bonds. The first-order valence-corrected chi connectivity index (χ1v) is 7.18. The van der Waals surface area contributed by atoms with Crippen LogP contribution in [-0.4, -0.2) is 31.6 Å². The molecule has 1 aromatic carbocycles. The first-order valence-electron chi connectivity index (χ1n) is 7.18. The normalized spacial score (nSPS) is 18.9. The van der Waals surface area contributed by atoms with E-state index in [1.807, 2.05) is 0 Å². The highest BCUT2D eigenvalue weighted by atomic mass is 15.2. The monoisotopic (exact) mass is 246 g/mol. The Bertz CT molecular complexity index is 345. The third-order valence-electron chi connectivity index (χ3n) is 4.08. The van der Waals surface area contributed by atoms with Gasteiger partial charge < -0.3 is 10.2 Å². The summed E-state index contributed by atoms with van der Waals surface area (Å²) in [6.07, 6.45) is 4.04. The molecule has 0 radical (unpaired) electrons. The highest BCUT2D eigenvalue weighted by molar-refractivity contribution is 5.20. The van der Waals surface area contributed by atoms with Gasteiger partial charge in [-0.05, 0) is 44.8 Å². The van der Waals surface area contributed by atoms with Crippen LogP contribution in [0, 0.1) is 5.92 Å². The van der Waals surface area contributed by atoms with E-state index in [-0.39, 0.29) is 0 Å². The van der Waals surface area contributed by atoms with Gasteiger partial charge in [0.1, 0.15) is 0 Å². The van der Waals surface area contributed by atoms with E-state index in [1.165, 1.54) is 31.4 Å². The van der Waals surface area contributed by atoms with Crippen molar-refractivity contribution in [3.8, 4) is 0 Å². The fraction of sp³-hybridized carbons (Fsp3) is 0.625. The van der Waals surface area contributed by atoms with Crippen molar-refractivity contribution in [1.82, 2.24) is 10.2 Å². The number of hydrogen-bond donors (Lipinski definition) is 1. The predicted octanol–water partition coefficient (Wildman–Crippen LogP) is 3.07. The van der Waals surface area contributed by atoms with Crippen molar-refractivity contribution in [2.75, 3.05) is 20.6 Å². The second-order valence-corrected chi connectivity index (χ2v) is 5.54. The molecule has 18 heavy (non-hydrogen) atoms. The molecule has 1 fully saturated rings. The Morgan fingerprint density at radius 2 is 1.94 bits per heavy atom. The highest BCUT2D eigenvalue weighted by Gasteiger charge is 2.29. The number of nitrogens with one attached hydrogen (secondary N) is 1. The molecule has 1 N–H and O–H groups in total. The van der Waals surface area contributed by atoms with E-state index in [1.54, 1.807) is 0 Å². The topological polar surface area (TPSA) is 15.3 Å². The third-order valence-corrected chi connectivity index (χ3v) is 4.08. The van der Waals surface area contributed by atoms with Crippen molar-refractivity contribution in [2.24, 2.45) is 5.92 Å². The lowest BCUT2D eigenvalue weighted by Gasteiger charge is -2.34. The molecule has 0 spiro atoms. The van der Waals surface area contributed by atoms with Crippen molar-refractivity contribution in [3.05, 3.63) is 35.9 Å². The van der Waals surface area contributed by atoms with Gasteiger partial charge in [0.2, 0.25) is 0 Å². The standard InChI is InChI=1S/C16H26N2/c1-4-15(18(3)12-13-10-11-13)16(17-2)14-8-6-5-7-9-14/h5-9,13,15-17H,4,10-12H2,1-3H3. The average Bonchev–Trinajstić information content (AvgIpc) is 3.20. The molecule has 100 valence electrons. The number of likely N-dealkylation sites (N-methyl/N-ethyl adjacent to an activating group) is 2. The molecule has 2 nitrogen and oxygen atoms in total. The van der Waals surface area contributed by atoms with Crippen molar-refractivity contribution in [3.63, 3.8) is 0 Å². The molecule has 1 aliphatic carbocycles. The van der Waals surface area contributed by atoms with E-state index in [0.29, 0.717) is 12.1 Å². The van der Waals surface area contributed by atoms with E-state index in [2.05, 4.69) is 61.6 Å². The first-order chi connectivity index (χ1) is 8.76. The quantitative estimate of drug-likeness (QED) is 0.795. The van der Waals surface area contributed by atoms with E-state index in [9.17, 15) is 0 Å². The molecule has 2 atom stereocenters. The Kier molecular flexibility index (Phi) is 4.79. The van der Waals surface area contributed by atoms with Gasteiger partial charge >= 0.3 is 0 Å². The summed E-state index contributed by atoms with van der Waals surface area (Å²) in [5, 5.41) is 3.50. The number of nitrogens with zero attached hydrogens (tertiary/aromatic N) is 1. The predicted molar refractivity (Wildman–Crippen MR) is 77.7 cm³/mol. The first kappa shape index (κ1) is 13.6. The summed E-state index contributed by atoms with van der Waals surface area (Å²) in [4.78, 5) is 2.55. The number of hydrogen-bond acceptors (Lipinski definition) is 2. The Balaban J connectivity index is 2.07. The lowest BCUT2D eigenvalue weighted by Crippen LogP contribution is -2.42. The van der Waals surface area contributed by atoms with Crippen molar-refractivity contribution >= 4 is 0 Å². The molecule has 0 saturated heterocycles. The minimum absolute atomic E-state index is 0.431. The van der Waals surface area contributed by atoms with E-state index in [0.717, 1.165) is 5.92 Å². The Hall–Kier alpha value is -0.860. The summed E-state index contributed by atoms with van der Waals surface area (Å²) in [6, 6.07) is 11.8. The molecule has 2 unspecified atom stereocenters. The summed E-state index contributed by atoms with van der Waals surface area (Å²) in [5.74, 6) is 0.956. The Morgan fingerprint density at radius 1 is 1.28 bits per heavy atom. The molecule has 1 aliphatic rings. The molecular weight excluding hydrogens is 220 g/mol. The molecule has 0 bridgehead atoms. The molecule has 0 aliphatic heterocycles. The zero-order chi connectivity index (χ0) is 13.0. The van der Waals surface area contributed by atoms with E-state index < -0.39 is 0 Å². The van der Waals surface area contributed by atoms with Crippen molar-refractivity contribution in [1.29, 1.82) is 0 Å². The van der Waals surface area contributed by atoms with Crippen LogP contribution < -0.4 is 5.32 Å². The van der Waals surface area contributed by atoms with Crippen LogP contribution in [0.5, 0.6) is 0 Å². The van der Waals surface area contributed by atoms with Crippen LogP contribution in [-0.2, 0) is 0 Å². The Labute approximate surface area is 111 Å². The summed E-state index contributed by atoms with van der Waals surface area (Å²) in [6.45, 7) is 3.55. The van der Waals surface area contributed by atoms with Gasteiger partial charge in [0.25, 0.3) is 0 Å². The van der Waals surface area contributed by atoms with Gasteiger partial charge in [-0.25, -0.2) is 0 Å². The molecular formula is C16H26N2. The summed E-state index contributed by atoms with van der Waals surface area (Å²) in [7, 11) is 4.35. The van der Waals surface area contributed by atoms with Crippen LogP contribution in [0.4, 0.5) is 0 Å². The number of rotatable bonds is 7. The largest absolute Gasteiger partial charge is 0.312 e. The SMILES string of the molecule is CCC(C(NC)c1ccccc1)N(C)CC1CC1. The fourth-order valence-corrected chi connectivity index (χ4v) is 2.89. The van der Waals surface area contributed by atoms with Crippen LogP contribution >= 0.6 is 0 Å². The second-order valence-electron chi connectivity index (χ2n) is 5.54. The van der Waals surface area contributed by atoms with Crippen molar-refractivity contribution in [2.45, 2.75) is 38.3 Å². The van der Waals surface area contributed by atoms with E-state index in [4.69, 9.17) is 0 Å². The molecule has 0 heterocycles. The average molecular weight is 246 g/mol. The third kappa shape index (κ3) is 3.33. The molecule has 0 aromatic heterocycles. The summed E-state index contributed by atoms with van der Waals surface area (Å²) < 4.78 is 0. The van der Waals surface area contributed by atoms with Crippen LogP contribution in [0.2, 0.25) is 0 Å². The van der Waals surface area contributed by atoms with Crippen LogP contribution in [0.15, 0.2) is 30.3 Å². The zero-order valence-electron chi connectivity index (χ0n) is 11.9. The van der Waals surface area contributed by atoms with Gasteiger partial charge in [-0.1, -0.05) is 37.3 Å². The zero-order valence-corrected chi connectivity index (χ0v) is 11.9. The van der Waals surface area contributed by atoms with Crippen LogP contribution in [0.3, 0.4) is 0 Å². The maximum Gasteiger partial charge on any atom is 0.0475 e. The van der Waals surface area contributed by atoms with Crippen LogP contribution in [0.25, 0.3) is 0 Å². The van der Waals surface area contributed by atoms with Gasteiger partial charge in [-0.2, -0.15) is 0 Å². The van der Waals surface area contributed by atoms with Gasteiger partial charge in [-0.15, -0.1) is 0 Å². The Morgan fingerprint density at radius 3 is 2.44 bits per heavy atom. The fourth-order valence-electron chi connectivity index (χ4n) is 2.89. The highest BCUT2D eigenvalue weighted by Crippen LogP contribution is 2.32. The lowest BCUT2D eigenvalue weighted by atomic mass is 9.96. The second kappa shape index (κ2) is 6.35. The van der Waals surface area contributed by atoms with Gasteiger partial charge in [0.05, 0.1) is 0 Å². The maximum absolute atomic E-state index is 3.50. The molecule has 1 saturated carbocycles. The molecule has 2 heteroatoms. The molecule has 2 rings (SSSR count). The smallest absolute Gasteiger partial charge is 0.0475 e. The number of benzene rings is 1. The van der Waals surface area contributed by atoms with Gasteiger partial charge in [-0.3, -0.25) is 0 Å². The molecule has 1 aromatic rings. The summed E-state index contributed by atoms with van der Waals surface area (Å²) >= 11 is 0. The van der Waals surface area contributed by atoms with Crippen molar-refractivity contribution < 1.29 is 0 Å².